The molecule has 0 aliphatic carbocycles. The number of nitro groups is 1. The number of hydrogen-bond acceptors (Lipinski definition) is 8. The molecule has 17 heteroatoms. The summed E-state index contributed by atoms with van der Waals surface area (Å²) in [5, 5.41) is 23.0. The van der Waals surface area contributed by atoms with Crippen molar-refractivity contribution in [2.24, 2.45) is 0 Å². The maximum Gasteiger partial charge on any atom is 0.416 e. The van der Waals surface area contributed by atoms with Crippen LogP contribution in [0, 0.1) is 17.0 Å². The zero-order chi connectivity index (χ0) is 33.0. The van der Waals surface area contributed by atoms with Gasteiger partial charge in [-0.05, 0) is 48.9 Å². The van der Waals surface area contributed by atoms with Crippen molar-refractivity contribution >= 4 is 35.2 Å². The first-order valence-electron chi connectivity index (χ1n) is 11.9. The van der Waals surface area contributed by atoms with Crippen molar-refractivity contribution in [2.45, 2.75) is 31.5 Å². The Morgan fingerprint density at radius 1 is 0.795 bits per heavy atom. The van der Waals surface area contributed by atoms with Crippen LogP contribution < -0.4 is 5.32 Å². The second kappa shape index (κ2) is 12.8. The second-order valence-corrected chi connectivity index (χ2v) is 8.89. The Kier molecular flexibility index (Phi) is 9.61. The van der Waals surface area contributed by atoms with Crippen LogP contribution in [0.15, 0.2) is 66.7 Å². The molecular formula is C27H18F6N2O9. The van der Waals surface area contributed by atoms with Gasteiger partial charge in [-0.3, -0.25) is 14.9 Å². The number of nitrogens with one attached hydrogen (secondary N) is 1. The number of anilines is 1. The first-order valence-corrected chi connectivity index (χ1v) is 11.9. The molecule has 0 heterocycles. The van der Waals surface area contributed by atoms with E-state index in [0.29, 0.717) is 24.3 Å². The van der Waals surface area contributed by atoms with E-state index in [1.54, 1.807) is 0 Å². The van der Waals surface area contributed by atoms with E-state index in [1.807, 2.05) is 0 Å². The van der Waals surface area contributed by atoms with E-state index < -0.39 is 81.2 Å². The van der Waals surface area contributed by atoms with Crippen molar-refractivity contribution in [1.29, 1.82) is 0 Å². The number of nitrogens with zero attached hydrogens (tertiary/aromatic N) is 1. The SMILES string of the molecule is Cc1ccc([N+](=O)[O-])cc1NC(=O)[C@@H](OC(=O)c1cccc(C(F)(F)F)c1)[C@H](OC(=O)c1cccc(C(F)(F)F)c1)C(=O)O. The highest BCUT2D eigenvalue weighted by molar-refractivity contribution is 6.02. The zero-order valence-electron chi connectivity index (χ0n) is 21.9. The predicted molar refractivity (Wildman–Crippen MR) is 135 cm³/mol. The van der Waals surface area contributed by atoms with Crippen molar-refractivity contribution in [3.8, 4) is 0 Å². The Hall–Kier alpha value is -5.48. The van der Waals surface area contributed by atoms with Gasteiger partial charge in [-0.25, -0.2) is 14.4 Å². The summed E-state index contributed by atoms with van der Waals surface area (Å²) < 4.78 is 88.5. The number of carbonyl (C=O) groups excluding carboxylic acids is 3. The lowest BCUT2D eigenvalue weighted by molar-refractivity contribution is -0.384. The summed E-state index contributed by atoms with van der Waals surface area (Å²) in [6, 6.07) is 8.22. The first kappa shape index (κ1) is 33.0. The number of amides is 1. The van der Waals surface area contributed by atoms with E-state index in [1.165, 1.54) is 13.0 Å². The van der Waals surface area contributed by atoms with Crippen LogP contribution >= 0.6 is 0 Å². The van der Waals surface area contributed by atoms with Gasteiger partial charge in [0.05, 0.1) is 32.9 Å². The summed E-state index contributed by atoms with van der Waals surface area (Å²) in [4.78, 5) is 61.2. The molecule has 0 bridgehead atoms. The Labute approximate surface area is 242 Å². The monoisotopic (exact) mass is 628 g/mol. The molecule has 0 aromatic heterocycles. The lowest BCUT2D eigenvalue weighted by atomic mass is 10.1. The number of esters is 2. The molecule has 0 aliphatic heterocycles. The van der Waals surface area contributed by atoms with Crippen LogP contribution in [-0.4, -0.2) is 46.1 Å². The zero-order valence-corrected chi connectivity index (χ0v) is 21.9. The third-order valence-corrected chi connectivity index (χ3v) is 5.79. The summed E-state index contributed by atoms with van der Waals surface area (Å²) in [7, 11) is 0. The van der Waals surface area contributed by atoms with Crippen molar-refractivity contribution in [3.05, 3.63) is 105 Å². The minimum absolute atomic E-state index is 0.180. The molecule has 3 aromatic rings. The van der Waals surface area contributed by atoms with E-state index in [4.69, 9.17) is 9.47 Å². The quantitative estimate of drug-likeness (QED) is 0.136. The second-order valence-electron chi connectivity index (χ2n) is 8.89. The van der Waals surface area contributed by atoms with Gasteiger partial charge in [0.2, 0.25) is 12.2 Å². The summed E-state index contributed by atoms with van der Waals surface area (Å²) >= 11 is 0. The summed E-state index contributed by atoms with van der Waals surface area (Å²) in [5.41, 5.74) is -4.90. The summed E-state index contributed by atoms with van der Waals surface area (Å²) in [6.07, 6.45) is -15.3. The number of alkyl halides is 6. The Morgan fingerprint density at radius 2 is 1.27 bits per heavy atom. The molecule has 0 radical (unpaired) electrons. The Morgan fingerprint density at radius 3 is 1.70 bits per heavy atom. The van der Waals surface area contributed by atoms with E-state index in [0.717, 1.165) is 36.4 Å². The predicted octanol–water partition coefficient (Wildman–Crippen LogP) is 5.42. The third kappa shape index (κ3) is 8.08. The molecule has 11 nitrogen and oxygen atoms in total. The van der Waals surface area contributed by atoms with E-state index in [-0.39, 0.29) is 11.3 Å². The van der Waals surface area contributed by atoms with Gasteiger partial charge in [0.15, 0.2) is 0 Å². The fourth-order valence-corrected chi connectivity index (χ4v) is 3.57. The molecule has 3 rings (SSSR count). The maximum absolute atomic E-state index is 13.2. The number of carboxylic acid groups (broad SMARTS) is 1. The first-order chi connectivity index (χ1) is 20.4. The standard InChI is InChI=1S/C27H18F6N2O9/c1-13-8-9-18(35(41)42)12-19(13)34-22(36)20(43-24(39)14-4-2-6-16(10-14)26(28,29)30)21(23(37)38)44-25(40)15-5-3-7-17(11-15)27(31,32)33/h2-12,20-21H,1H3,(H,34,36)(H,37,38)/t20-,21-/m0/s1. The number of rotatable bonds is 9. The smallest absolute Gasteiger partial charge is 0.416 e. The Balaban J connectivity index is 2.03. The van der Waals surface area contributed by atoms with Crippen molar-refractivity contribution in [1.82, 2.24) is 0 Å². The fourth-order valence-electron chi connectivity index (χ4n) is 3.57. The lowest BCUT2D eigenvalue weighted by Gasteiger charge is -2.24. The molecule has 232 valence electrons. The van der Waals surface area contributed by atoms with E-state index in [9.17, 15) is 60.7 Å². The van der Waals surface area contributed by atoms with Gasteiger partial charge in [0.1, 0.15) is 0 Å². The third-order valence-electron chi connectivity index (χ3n) is 5.79. The van der Waals surface area contributed by atoms with Gasteiger partial charge in [-0.1, -0.05) is 18.2 Å². The van der Waals surface area contributed by atoms with Crippen LogP contribution in [-0.2, 0) is 31.4 Å². The maximum atomic E-state index is 13.2. The van der Waals surface area contributed by atoms with Gasteiger partial charge in [-0.15, -0.1) is 0 Å². The van der Waals surface area contributed by atoms with Crippen LogP contribution in [0.3, 0.4) is 0 Å². The average Bonchev–Trinajstić information content (AvgIpc) is 2.94. The van der Waals surface area contributed by atoms with E-state index >= 15 is 0 Å². The number of carboxylic acids is 1. The van der Waals surface area contributed by atoms with Crippen LogP contribution in [0.1, 0.15) is 37.4 Å². The van der Waals surface area contributed by atoms with Gasteiger partial charge >= 0.3 is 30.3 Å². The summed E-state index contributed by atoms with van der Waals surface area (Å²) in [6.45, 7) is 1.37. The van der Waals surface area contributed by atoms with Gasteiger partial charge in [-0.2, -0.15) is 26.3 Å². The number of aliphatic carboxylic acids is 1. The topological polar surface area (TPSA) is 162 Å². The van der Waals surface area contributed by atoms with Crippen LogP contribution in [0.25, 0.3) is 0 Å². The number of hydrogen-bond donors (Lipinski definition) is 2. The minimum atomic E-state index is -4.92. The highest BCUT2D eigenvalue weighted by Crippen LogP contribution is 2.31. The van der Waals surface area contributed by atoms with Crippen molar-refractivity contribution < 1.29 is 65.0 Å². The number of benzene rings is 3. The van der Waals surface area contributed by atoms with Crippen molar-refractivity contribution in [2.75, 3.05) is 5.32 Å². The molecule has 0 saturated heterocycles. The molecule has 0 fully saturated rings. The molecule has 1 amide bonds. The molecule has 0 unspecified atom stereocenters. The number of aryl methyl sites for hydroxylation is 1. The number of carbonyl (C=O) groups is 4. The molecule has 44 heavy (non-hydrogen) atoms. The van der Waals surface area contributed by atoms with Crippen LogP contribution in [0.2, 0.25) is 0 Å². The Bertz CT molecular complexity index is 1620. The largest absolute Gasteiger partial charge is 0.478 e. The molecule has 2 atom stereocenters. The molecule has 3 aromatic carbocycles. The molecule has 0 aliphatic rings. The van der Waals surface area contributed by atoms with Crippen molar-refractivity contribution in [3.63, 3.8) is 0 Å². The molecular weight excluding hydrogens is 610 g/mol. The number of halogens is 6. The molecule has 0 spiro atoms. The molecule has 0 saturated carbocycles. The van der Waals surface area contributed by atoms with Crippen LogP contribution in [0.4, 0.5) is 37.7 Å². The van der Waals surface area contributed by atoms with Gasteiger partial charge in [0.25, 0.3) is 11.6 Å². The number of nitro benzene ring substituents is 1. The van der Waals surface area contributed by atoms with E-state index in [2.05, 4.69) is 5.32 Å². The van der Waals surface area contributed by atoms with Gasteiger partial charge < -0.3 is 19.9 Å². The fraction of sp³-hybridized carbons (Fsp3) is 0.185. The average molecular weight is 628 g/mol. The molecule has 2 N–H and O–H groups in total. The number of non-ortho nitro benzene ring substituents is 1. The lowest BCUT2D eigenvalue weighted by Crippen LogP contribution is -2.48. The summed E-state index contributed by atoms with van der Waals surface area (Å²) in [5.74, 6) is -7.12. The number of ether oxygens (including phenoxy) is 2. The highest BCUT2D eigenvalue weighted by Gasteiger charge is 2.42. The normalized spacial score (nSPS) is 12.9. The van der Waals surface area contributed by atoms with Gasteiger partial charge in [0, 0.05) is 12.1 Å². The highest BCUT2D eigenvalue weighted by atomic mass is 19.4. The van der Waals surface area contributed by atoms with Crippen LogP contribution in [0.5, 0.6) is 0 Å². The minimum Gasteiger partial charge on any atom is -0.478 e.